The van der Waals surface area contributed by atoms with Gasteiger partial charge in [0.25, 0.3) is 0 Å². The molecule has 0 aromatic heterocycles. The van der Waals surface area contributed by atoms with Gasteiger partial charge in [-0.25, -0.2) is 9.59 Å². The summed E-state index contributed by atoms with van der Waals surface area (Å²) in [5.41, 5.74) is 0. The number of ether oxygens (including phenoxy) is 4. The molecule has 0 spiro atoms. The van der Waals surface area contributed by atoms with Crippen molar-refractivity contribution in [1.82, 2.24) is 0 Å². The Hall–Kier alpha value is -3.28. The van der Waals surface area contributed by atoms with Crippen LogP contribution in [-0.2, 0) is 19.1 Å². The smallest absolute Gasteiger partial charge is 0.344 e. The Balaban J connectivity index is 1.35. The van der Waals surface area contributed by atoms with Crippen LogP contribution < -0.4 is 9.47 Å². The molecule has 2 saturated carbocycles. The van der Waals surface area contributed by atoms with E-state index >= 15 is 0 Å². The molecule has 0 aliphatic heterocycles. The van der Waals surface area contributed by atoms with E-state index in [1.54, 1.807) is 0 Å². The molecule has 6 heteroatoms. The molecule has 0 amide bonds. The van der Waals surface area contributed by atoms with Gasteiger partial charge >= 0.3 is 11.9 Å². The number of esters is 2. The van der Waals surface area contributed by atoms with Gasteiger partial charge in [0, 0.05) is 21.5 Å². The summed E-state index contributed by atoms with van der Waals surface area (Å²) < 4.78 is 22.8. The lowest BCUT2D eigenvalue weighted by atomic mass is 9.86. The van der Waals surface area contributed by atoms with Crippen LogP contribution >= 0.6 is 0 Å². The van der Waals surface area contributed by atoms with Gasteiger partial charge in [-0.1, -0.05) is 61.4 Å². The van der Waals surface area contributed by atoms with E-state index in [4.69, 9.17) is 18.9 Å². The maximum absolute atomic E-state index is 12.3. The van der Waals surface area contributed by atoms with E-state index in [-0.39, 0.29) is 25.2 Å². The third-order valence-corrected chi connectivity index (χ3v) is 6.91. The van der Waals surface area contributed by atoms with E-state index in [0.29, 0.717) is 36.5 Å². The molecule has 2 fully saturated rings. The molecule has 2 aliphatic carbocycles. The van der Waals surface area contributed by atoms with Crippen molar-refractivity contribution in [3.63, 3.8) is 0 Å². The Morgan fingerprint density at radius 3 is 1.26 bits per heavy atom. The lowest BCUT2D eigenvalue weighted by molar-refractivity contribution is -0.149. The lowest BCUT2D eigenvalue weighted by Gasteiger charge is -2.24. The van der Waals surface area contributed by atoms with Crippen molar-refractivity contribution in [1.29, 1.82) is 0 Å². The molecular formula is C28H30O6. The molecule has 3 aromatic rings. The van der Waals surface area contributed by atoms with E-state index in [1.807, 2.05) is 48.5 Å². The van der Waals surface area contributed by atoms with Gasteiger partial charge in [-0.15, -0.1) is 0 Å². The number of hydrogen-bond acceptors (Lipinski definition) is 6. The number of carbonyl (C=O) groups is 2. The summed E-state index contributed by atoms with van der Waals surface area (Å²) in [7, 11) is 0. The zero-order chi connectivity index (χ0) is 23.3. The van der Waals surface area contributed by atoms with E-state index in [9.17, 15) is 9.59 Å². The van der Waals surface area contributed by atoms with Gasteiger partial charge < -0.3 is 18.9 Å². The summed E-state index contributed by atoms with van der Waals surface area (Å²) >= 11 is 0. The fourth-order valence-electron chi connectivity index (χ4n) is 4.45. The van der Waals surface area contributed by atoms with Crippen LogP contribution in [0.4, 0.5) is 0 Å². The highest BCUT2D eigenvalue weighted by Gasteiger charge is 2.22. The van der Waals surface area contributed by atoms with Gasteiger partial charge in [0.05, 0.1) is 13.2 Å². The Labute approximate surface area is 199 Å². The molecule has 5 rings (SSSR count). The Kier molecular flexibility index (Phi) is 6.84. The van der Waals surface area contributed by atoms with Crippen molar-refractivity contribution in [2.45, 2.75) is 38.5 Å². The van der Waals surface area contributed by atoms with Gasteiger partial charge in [0.1, 0.15) is 11.5 Å². The molecule has 0 unspecified atom stereocenters. The van der Waals surface area contributed by atoms with Crippen molar-refractivity contribution in [2.75, 3.05) is 26.4 Å². The second-order valence-corrected chi connectivity index (χ2v) is 9.29. The molecule has 0 saturated heterocycles. The van der Waals surface area contributed by atoms with Gasteiger partial charge in [0.2, 0.25) is 0 Å². The van der Waals surface area contributed by atoms with Crippen molar-refractivity contribution in [3.8, 4) is 11.5 Å². The molecule has 0 heterocycles. The molecule has 2 aliphatic rings. The topological polar surface area (TPSA) is 71.1 Å². The largest absolute Gasteiger partial charge is 0.481 e. The van der Waals surface area contributed by atoms with Crippen LogP contribution in [0.1, 0.15) is 38.5 Å². The second kappa shape index (κ2) is 10.3. The van der Waals surface area contributed by atoms with Gasteiger partial charge in [-0.05, 0) is 37.5 Å². The Morgan fingerprint density at radius 1 is 0.618 bits per heavy atom. The fraction of sp³-hybridized carbons (Fsp3) is 0.429. The van der Waals surface area contributed by atoms with Crippen molar-refractivity contribution >= 4 is 33.5 Å². The maximum Gasteiger partial charge on any atom is 0.344 e. The minimum absolute atomic E-state index is 0.158. The summed E-state index contributed by atoms with van der Waals surface area (Å²) in [6.07, 6.45) is 6.92. The molecule has 0 N–H and O–H groups in total. The van der Waals surface area contributed by atoms with E-state index < -0.39 is 0 Å². The first-order chi connectivity index (χ1) is 16.7. The minimum Gasteiger partial charge on any atom is -0.481 e. The molecule has 0 radical (unpaired) electrons. The second-order valence-electron chi connectivity index (χ2n) is 9.29. The zero-order valence-electron chi connectivity index (χ0n) is 19.3. The summed E-state index contributed by atoms with van der Waals surface area (Å²) in [4.78, 5) is 24.6. The van der Waals surface area contributed by atoms with E-state index in [2.05, 4.69) is 0 Å². The van der Waals surface area contributed by atoms with Crippen molar-refractivity contribution < 1.29 is 28.5 Å². The average molecular weight is 463 g/mol. The summed E-state index contributed by atoms with van der Waals surface area (Å²) in [5, 5.41) is 3.24. The van der Waals surface area contributed by atoms with Crippen molar-refractivity contribution in [3.05, 3.63) is 48.5 Å². The predicted octanol–water partition coefficient (Wildman–Crippen LogP) is 5.44. The number of rotatable bonds is 10. The molecule has 34 heavy (non-hydrogen) atoms. The molecule has 0 bridgehead atoms. The lowest BCUT2D eigenvalue weighted by Crippen LogP contribution is -2.23. The zero-order valence-corrected chi connectivity index (χ0v) is 19.3. The van der Waals surface area contributed by atoms with E-state index in [0.717, 1.165) is 47.2 Å². The number of hydrogen-bond donors (Lipinski definition) is 0. The van der Waals surface area contributed by atoms with Crippen LogP contribution in [0.3, 0.4) is 0 Å². The first-order valence-corrected chi connectivity index (χ1v) is 12.2. The van der Waals surface area contributed by atoms with Gasteiger partial charge in [0.15, 0.2) is 13.2 Å². The molecule has 3 aromatic carbocycles. The molecule has 178 valence electrons. The van der Waals surface area contributed by atoms with Crippen LogP contribution in [-0.4, -0.2) is 38.4 Å². The minimum atomic E-state index is -0.366. The highest BCUT2D eigenvalue weighted by molar-refractivity contribution is 6.11. The van der Waals surface area contributed by atoms with Crippen LogP contribution in [0, 0.1) is 11.8 Å². The van der Waals surface area contributed by atoms with Gasteiger partial charge in [-0.2, -0.15) is 0 Å². The summed E-state index contributed by atoms with van der Waals surface area (Å²) in [5.74, 6) is 1.45. The highest BCUT2D eigenvalue weighted by Crippen LogP contribution is 2.42. The summed E-state index contributed by atoms with van der Waals surface area (Å²) in [6, 6.07) is 15.4. The monoisotopic (exact) mass is 462 g/mol. The van der Waals surface area contributed by atoms with Crippen LogP contribution in [0.25, 0.3) is 21.5 Å². The standard InChI is InChI=1S/C28H30O6/c29-25(31-15-19-7-5-8-19)17-33-27-21-11-1-2-12-22(21)28(24-14-4-3-13-23(24)27)34-18-26(30)32-16-20-9-6-10-20/h1-4,11-14,19-20H,5-10,15-18H2. The fourth-order valence-corrected chi connectivity index (χ4v) is 4.45. The Bertz CT molecular complexity index is 1030. The third kappa shape index (κ3) is 4.96. The number of carbonyl (C=O) groups excluding carboxylic acids is 2. The predicted molar refractivity (Wildman–Crippen MR) is 129 cm³/mol. The van der Waals surface area contributed by atoms with E-state index in [1.165, 1.54) is 12.8 Å². The maximum atomic E-state index is 12.3. The van der Waals surface area contributed by atoms with Crippen LogP contribution in [0.5, 0.6) is 11.5 Å². The van der Waals surface area contributed by atoms with Crippen LogP contribution in [0.15, 0.2) is 48.5 Å². The van der Waals surface area contributed by atoms with Gasteiger partial charge in [-0.3, -0.25) is 0 Å². The number of benzene rings is 3. The quantitative estimate of drug-likeness (QED) is 0.295. The first-order valence-electron chi connectivity index (χ1n) is 12.2. The SMILES string of the molecule is O=C(COc1c2ccccc2c(OCC(=O)OCC2CCC2)c2ccccc12)OCC1CCC1. The molecule has 6 nitrogen and oxygen atoms in total. The first kappa shape index (κ1) is 22.5. The average Bonchev–Trinajstić information content (AvgIpc) is 2.79. The molecule has 0 atom stereocenters. The summed E-state index contributed by atoms with van der Waals surface area (Å²) in [6.45, 7) is 0.615. The molecular weight excluding hydrogens is 432 g/mol. The Morgan fingerprint density at radius 2 is 0.971 bits per heavy atom. The normalized spacial score (nSPS) is 16.0. The number of fused-ring (bicyclic) bond motifs is 2. The van der Waals surface area contributed by atoms with Crippen molar-refractivity contribution in [2.24, 2.45) is 11.8 Å². The highest BCUT2D eigenvalue weighted by atomic mass is 16.6. The van der Waals surface area contributed by atoms with Crippen LogP contribution in [0.2, 0.25) is 0 Å². The third-order valence-electron chi connectivity index (χ3n) is 6.91.